The van der Waals surface area contributed by atoms with Crippen LogP contribution in [0.25, 0.3) is 11.8 Å². The van der Waals surface area contributed by atoms with E-state index < -0.39 is 11.7 Å². The van der Waals surface area contributed by atoms with Crippen molar-refractivity contribution in [3.8, 4) is 23.1 Å². The Bertz CT molecular complexity index is 1210. The molecule has 0 saturated carbocycles. The summed E-state index contributed by atoms with van der Waals surface area (Å²) in [5, 5.41) is 20.7. The smallest absolute Gasteiger partial charge is 0.263 e. The molecule has 1 atom stereocenters. The number of aromatic nitrogens is 2. The molecule has 32 heavy (non-hydrogen) atoms. The molecule has 0 bridgehead atoms. The summed E-state index contributed by atoms with van der Waals surface area (Å²) < 4.78 is 7.20. The van der Waals surface area contributed by atoms with Crippen LogP contribution in [0.3, 0.4) is 0 Å². The Morgan fingerprint density at radius 1 is 1.12 bits per heavy atom. The van der Waals surface area contributed by atoms with Crippen LogP contribution < -0.4 is 10.3 Å². The van der Waals surface area contributed by atoms with E-state index in [1.807, 2.05) is 30.3 Å². The van der Waals surface area contributed by atoms with Gasteiger partial charge in [-0.1, -0.05) is 44.4 Å². The van der Waals surface area contributed by atoms with Crippen LogP contribution in [-0.2, 0) is 0 Å². The van der Waals surface area contributed by atoms with E-state index in [0.717, 1.165) is 19.3 Å². The van der Waals surface area contributed by atoms with Crippen molar-refractivity contribution in [2.24, 2.45) is 0 Å². The molecule has 166 valence electrons. The summed E-state index contributed by atoms with van der Waals surface area (Å²) in [6.07, 6.45) is 5.83. The fourth-order valence-electron chi connectivity index (χ4n) is 3.13. The lowest BCUT2D eigenvalue weighted by atomic mass is 10.1. The molecule has 1 unspecified atom stereocenters. The first-order valence-corrected chi connectivity index (χ1v) is 10.9. The fourth-order valence-corrected chi connectivity index (χ4v) is 3.41. The molecular weight excluding hydrogens is 424 g/mol. The number of hydrogen-bond acceptors (Lipinski definition) is 5. The number of aliphatic hydroxyl groups excluding tert-OH is 1. The predicted molar refractivity (Wildman–Crippen MR) is 128 cm³/mol. The van der Waals surface area contributed by atoms with Gasteiger partial charge in [0.05, 0.1) is 11.8 Å². The summed E-state index contributed by atoms with van der Waals surface area (Å²) >= 11 is 5.25. The molecule has 0 aliphatic rings. The molecule has 0 aliphatic heterocycles. The number of para-hydroxylation sites is 1. The molecule has 1 heterocycles. The molecule has 0 amide bonds. The summed E-state index contributed by atoms with van der Waals surface area (Å²) in [5.41, 5.74) is 2.82. The van der Waals surface area contributed by atoms with E-state index in [9.17, 15) is 15.0 Å². The summed E-state index contributed by atoms with van der Waals surface area (Å²) in [6, 6.07) is 16.3. The van der Waals surface area contributed by atoms with E-state index in [2.05, 4.69) is 17.6 Å². The van der Waals surface area contributed by atoms with Gasteiger partial charge in [0.25, 0.3) is 5.56 Å². The molecule has 0 fully saturated rings. The first-order chi connectivity index (χ1) is 15.5. The number of nitrogens with one attached hydrogen (secondary N) is 1. The van der Waals surface area contributed by atoms with Crippen molar-refractivity contribution in [1.82, 2.24) is 9.55 Å². The van der Waals surface area contributed by atoms with Crippen molar-refractivity contribution < 1.29 is 14.9 Å². The number of hydrogen-bond donors (Lipinski definition) is 3. The zero-order valence-electron chi connectivity index (χ0n) is 17.8. The van der Waals surface area contributed by atoms with Crippen molar-refractivity contribution in [2.45, 2.75) is 38.7 Å². The molecule has 1 aromatic heterocycles. The molecule has 0 spiro atoms. The van der Waals surface area contributed by atoms with Gasteiger partial charge in [0, 0.05) is 0 Å². The number of aromatic hydroxyl groups is 1. The minimum atomic E-state index is -0.651. The fraction of sp³-hybridized carbons (Fsp3) is 0.240. The van der Waals surface area contributed by atoms with E-state index >= 15 is 0 Å². The molecule has 3 rings (SSSR count). The van der Waals surface area contributed by atoms with Crippen LogP contribution in [0.1, 0.15) is 38.2 Å². The highest BCUT2D eigenvalue weighted by Crippen LogP contribution is 2.25. The largest absolute Gasteiger partial charge is 0.494 e. The quantitative estimate of drug-likeness (QED) is 0.228. The number of unbranched alkanes of at least 4 members (excludes halogenated alkanes) is 2. The summed E-state index contributed by atoms with van der Waals surface area (Å²) in [5.74, 6) is 1.02. The van der Waals surface area contributed by atoms with E-state index in [1.54, 1.807) is 24.3 Å². The predicted octanol–water partition coefficient (Wildman–Crippen LogP) is 5.50. The summed E-state index contributed by atoms with van der Waals surface area (Å²) in [7, 11) is 0. The van der Waals surface area contributed by atoms with Crippen LogP contribution in [-0.4, -0.2) is 25.9 Å². The minimum absolute atomic E-state index is 0.000204. The van der Waals surface area contributed by atoms with Crippen molar-refractivity contribution >= 4 is 18.3 Å². The molecular formula is C25H26N2O4S. The average molecular weight is 451 g/mol. The highest BCUT2D eigenvalue weighted by molar-refractivity contribution is 7.71. The average Bonchev–Trinajstić information content (AvgIpc) is 2.78. The molecule has 0 saturated heterocycles. The van der Waals surface area contributed by atoms with Crippen LogP contribution >= 0.6 is 12.2 Å². The monoisotopic (exact) mass is 450 g/mol. The van der Waals surface area contributed by atoms with E-state index in [4.69, 9.17) is 17.0 Å². The number of aromatic amines is 1. The Kier molecular flexibility index (Phi) is 8.22. The third-order valence-corrected chi connectivity index (χ3v) is 5.10. The lowest BCUT2D eigenvalue weighted by Gasteiger charge is -2.12. The van der Waals surface area contributed by atoms with E-state index in [1.165, 1.54) is 16.7 Å². The molecule has 7 heteroatoms. The highest BCUT2D eigenvalue weighted by atomic mass is 32.1. The Morgan fingerprint density at radius 2 is 1.81 bits per heavy atom. The van der Waals surface area contributed by atoms with Crippen LogP contribution in [0.4, 0.5) is 0 Å². The van der Waals surface area contributed by atoms with Crippen LogP contribution in [0.5, 0.6) is 17.4 Å². The number of nitrogens with zero attached hydrogens (tertiary/aromatic N) is 1. The second-order valence-corrected chi connectivity index (χ2v) is 7.67. The number of aliphatic hydroxyl groups is 1. The summed E-state index contributed by atoms with van der Waals surface area (Å²) in [4.78, 5) is 14.9. The third kappa shape index (κ3) is 6.08. The molecule has 0 radical (unpaired) electrons. The molecule has 0 aliphatic carbocycles. The van der Waals surface area contributed by atoms with Crippen LogP contribution in [0.2, 0.25) is 0 Å². The molecule has 3 aromatic rings. The SMILES string of the molecule is CCCCCC(O)C=C=Cc1c(O)n(-c2ccc(Oc3ccccc3)cc2)c(=S)[nH]c1=O. The van der Waals surface area contributed by atoms with Gasteiger partial charge in [-0.05, 0) is 67.2 Å². The Labute approximate surface area is 191 Å². The van der Waals surface area contributed by atoms with Gasteiger partial charge in [-0.15, -0.1) is 5.73 Å². The zero-order valence-corrected chi connectivity index (χ0v) is 18.6. The van der Waals surface area contributed by atoms with Gasteiger partial charge in [0.15, 0.2) is 4.77 Å². The zero-order chi connectivity index (χ0) is 22.9. The maximum Gasteiger partial charge on any atom is 0.263 e. The molecule has 2 aromatic carbocycles. The van der Waals surface area contributed by atoms with Gasteiger partial charge in [-0.25, -0.2) is 0 Å². The third-order valence-electron chi connectivity index (χ3n) is 4.81. The first kappa shape index (κ1) is 23.3. The van der Waals surface area contributed by atoms with Crippen molar-refractivity contribution in [1.29, 1.82) is 0 Å². The Hall–Kier alpha value is -3.38. The van der Waals surface area contributed by atoms with Crippen molar-refractivity contribution in [3.05, 3.63) is 87.1 Å². The maximum atomic E-state index is 12.3. The Morgan fingerprint density at radius 3 is 2.50 bits per heavy atom. The second kappa shape index (κ2) is 11.3. The second-order valence-electron chi connectivity index (χ2n) is 7.28. The van der Waals surface area contributed by atoms with Gasteiger partial charge in [0.2, 0.25) is 5.88 Å². The lowest BCUT2D eigenvalue weighted by Crippen LogP contribution is -2.15. The standard InChI is InChI=1S/C25H26N2O4S/c1-2-3-5-9-19(28)10-8-13-22-23(29)26-25(32)27(24(22)30)18-14-16-21(17-15-18)31-20-11-6-4-7-12-20/h4,6-7,10-17,19,28,30H,2-3,5,9H2,1H3,(H,26,29,32). The highest BCUT2D eigenvalue weighted by Gasteiger charge is 2.12. The van der Waals surface area contributed by atoms with Crippen molar-refractivity contribution in [2.75, 3.05) is 0 Å². The first-order valence-electron chi connectivity index (χ1n) is 10.5. The van der Waals surface area contributed by atoms with Crippen LogP contribution in [0.15, 0.2) is 71.2 Å². The summed E-state index contributed by atoms with van der Waals surface area (Å²) in [6.45, 7) is 2.10. The number of ether oxygens (including phenoxy) is 1. The number of benzene rings is 2. The van der Waals surface area contributed by atoms with Gasteiger partial charge >= 0.3 is 0 Å². The maximum absolute atomic E-state index is 12.3. The van der Waals surface area contributed by atoms with Gasteiger partial charge < -0.3 is 14.9 Å². The number of rotatable bonds is 9. The molecule has 3 N–H and O–H groups in total. The van der Waals surface area contributed by atoms with Crippen molar-refractivity contribution in [3.63, 3.8) is 0 Å². The van der Waals surface area contributed by atoms with E-state index in [0.29, 0.717) is 23.6 Å². The normalized spacial score (nSPS) is 11.4. The lowest BCUT2D eigenvalue weighted by molar-refractivity contribution is 0.208. The van der Waals surface area contributed by atoms with Gasteiger partial charge in [-0.3, -0.25) is 14.3 Å². The van der Waals surface area contributed by atoms with Gasteiger partial charge in [-0.2, -0.15) is 0 Å². The Balaban J connectivity index is 1.85. The molecule has 6 nitrogen and oxygen atoms in total. The van der Waals surface area contributed by atoms with Gasteiger partial charge in [0.1, 0.15) is 17.1 Å². The van der Waals surface area contributed by atoms with Crippen LogP contribution in [0, 0.1) is 4.77 Å². The van der Waals surface area contributed by atoms with E-state index in [-0.39, 0.29) is 16.2 Å². The topological polar surface area (TPSA) is 87.5 Å². The number of H-pyrrole nitrogens is 1. The minimum Gasteiger partial charge on any atom is -0.494 e.